The smallest absolute Gasteiger partial charge is 0.261 e. The van der Waals surface area contributed by atoms with Crippen molar-refractivity contribution in [3.05, 3.63) is 83.6 Å². The number of benzene rings is 2. The summed E-state index contributed by atoms with van der Waals surface area (Å²) in [6.07, 6.45) is 6.78. The molecule has 2 aromatic carbocycles. The molecule has 1 aliphatic heterocycles. The van der Waals surface area contributed by atoms with Gasteiger partial charge in [0, 0.05) is 23.8 Å². The van der Waals surface area contributed by atoms with E-state index < -0.39 is 0 Å². The van der Waals surface area contributed by atoms with E-state index in [4.69, 9.17) is 9.72 Å². The van der Waals surface area contributed by atoms with Gasteiger partial charge < -0.3 is 10.1 Å². The van der Waals surface area contributed by atoms with Crippen LogP contribution in [0.2, 0.25) is 0 Å². The number of carbonyl (C=O) groups is 2. The third-order valence-corrected chi connectivity index (χ3v) is 7.59. The lowest BCUT2D eigenvalue weighted by Gasteiger charge is -2.24. The lowest BCUT2D eigenvalue weighted by molar-refractivity contribution is 0.0646. The van der Waals surface area contributed by atoms with Crippen LogP contribution in [-0.2, 0) is 0 Å². The second-order valence-corrected chi connectivity index (χ2v) is 10.2. The second-order valence-electron chi connectivity index (χ2n) is 10.2. The number of nitrogens with zero attached hydrogens (tertiary/aromatic N) is 3. The SMILES string of the molecule is Cc1cccc2nc(-c3ccc(OCCCN4C(=O)c5ccccc5C4=O)cc3)c(NC3CCCCC3)n12. The maximum Gasteiger partial charge on any atom is 0.261 e. The fraction of sp³-hybridized carbons (Fsp3) is 0.323. The molecular weight excluding hydrogens is 476 g/mol. The van der Waals surface area contributed by atoms with E-state index in [0.29, 0.717) is 36.7 Å². The number of rotatable bonds is 8. The molecule has 0 spiro atoms. The molecule has 0 radical (unpaired) electrons. The van der Waals surface area contributed by atoms with E-state index in [0.717, 1.165) is 34.2 Å². The van der Waals surface area contributed by atoms with Crippen LogP contribution in [0.4, 0.5) is 5.82 Å². The predicted octanol–water partition coefficient (Wildman–Crippen LogP) is 6.12. The molecule has 2 aromatic heterocycles. The Morgan fingerprint density at radius 3 is 2.32 bits per heavy atom. The molecule has 7 heteroatoms. The lowest BCUT2D eigenvalue weighted by atomic mass is 9.95. The molecule has 38 heavy (non-hydrogen) atoms. The van der Waals surface area contributed by atoms with Crippen LogP contribution >= 0.6 is 0 Å². The largest absolute Gasteiger partial charge is 0.494 e. The standard InChI is InChI=1S/C31H32N4O3/c1-21-9-7-14-27-33-28(29(35(21)27)32-23-10-3-2-4-11-23)22-15-17-24(18-16-22)38-20-8-19-34-30(36)25-12-5-6-13-26(25)31(34)37/h5-7,9,12-18,23,32H,2-4,8,10-11,19-20H2,1H3. The van der Waals surface area contributed by atoms with E-state index in [2.05, 4.69) is 22.7 Å². The lowest BCUT2D eigenvalue weighted by Crippen LogP contribution is -2.31. The second kappa shape index (κ2) is 10.3. The average molecular weight is 509 g/mol. The zero-order valence-electron chi connectivity index (χ0n) is 21.7. The van der Waals surface area contributed by atoms with E-state index in [-0.39, 0.29) is 11.8 Å². The summed E-state index contributed by atoms with van der Waals surface area (Å²) in [4.78, 5) is 31.4. The number of imide groups is 1. The van der Waals surface area contributed by atoms with E-state index in [9.17, 15) is 9.59 Å². The first-order valence-corrected chi connectivity index (χ1v) is 13.5. The number of nitrogens with one attached hydrogen (secondary N) is 1. The molecule has 1 fully saturated rings. The number of aromatic nitrogens is 2. The van der Waals surface area contributed by atoms with Crippen LogP contribution < -0.4 is 10.1 Å². The normalized spacial score (nSPS) is 15.8. The highest BCUT2D eigenvalue weighted by Crippen LogP contribution is 2.33. The van der Waals surface area contributed by atoms with Gasteiger partial charge in [-0.15, -0.1) is 0 Å². The molecule has 1 aliphatic carbocycles. The van der Waals surface area contributed by atoms with Crippen LogP contribution in [0.1, 0.15) is 64.9 Å². The van der Waals surface area contributed by atoms with Gasteiger partial charge in [0.15, 0.2) is 0 Å². The van der Waals surface area contributed by atoms with Gasteiger partial charge in [-0.25, -0.2) is 4.98 Å². The molecule has 2 aliphatic rings. The summed E-state index contributed by atoms with van der Waals surface area (Å²) in [5.74, 6) is 1.35. The third kappa shape index (κ3) is 4.53. The van der Waals surface area contributed by atoms with Crippen molar-refractivity contribution in [2.45, 2.75) is 51.5 Å². The molecule has 1 saturated carbocycles. The number of imidazole rings is 1. The minimum Gasteiger partial charge on any atom is -0.494 e. The number of aryl methyl sites for hydroxylation is 1. The molecule has 2 amide bonds. The zero-order chi connectivity index (χ0) is 26.1. The number of fused-ring (bicyclic) bond motifs is 2. The van der Waals surface area contributed by atoms with E-state index in [1.165, 1.54) is 37.0 Å². The minimum absolute atomic E-state index is 0.227. The summed E-state index contributed by atoms with van der Waals surface area (Å²) in [6.45, 7) is 2.86. The van der Waals surface area contributed by atoms with Gasteiger partial charge in [0.25, 0.3) is 11.8 Å². The van der Waals surface area contributed by atoms with Gasteiger partial charge in [0.2, 0.25) is 0 Å². The first-order valence-electron chi connectivity index (χ1n) is 13.5. The third-order valence-electron chi connectivity index (χ3n) is 7.59. The molecule has 0 bridgehead atoms. The number of carbonyl (C=O) groups excluding carboxylic acids is 2. The highest BCUT2D eigenvalue weighted by Gasteiger charge is 2.34. The summed E-state index contributed by atoms with van der Waals surface area (Å²) in [6, 6.07) is 21.6. The summed E-state index contributed by atoms with van der Waals surface area (Å²) in [5.41, 5.74) is 5.03. The molecule has 0 saturated heterocycles. The van der Waals surface area contributed by atoms with Crippen molar-refractivity contribution in [1.29, 1.82) is 0 Å². The fourth-order valence-corrected chi connectivity index (χ4v) is 5.59. The van der Waals surface area contributed by atoms with E-state index >= 15 is 0 Å². The highest BCUT2D eigenvalue weighted by molar-refractivity contribution is 6.21. The molecule has 0 unspecified atom stereocenters. The van der Waals surface area contributed by atoms with Gasteiger partial charge >= 0.3 is 0 Å². The quantitative estimate of drug-likeness (QED) is 0.229. The topological polar surface area (TPSA) is 75.9 Å². The molecule has 0 atom stereocenters. The monoisotopic (exact) mass is 508 g/mol. The maximum absolute atomic E-state index is 12.5. The number of amides is 2. The Morgan fingerprint density at radius 1 is 0.895 bits per heavy atom. The Balaban J connectivity index is 1.13. The van der Waals surface area contributed by atoms with Crippen molar-refractivity contribution in [2.75, 3.05) is 18.5 Å². The Bertz CT molecular complexity index is 1450. The first kappa shape index (κ1) is 24.2. The number of hydrogen-bond donors (Lipinski definition) is 1. The number of hydrogen-bond acceptors (Lipinski definition) is 5. The van der Waals surface area contributed by atoms with Gasteiger partial charge in [-0.2, -0.15) is 0 Å². The average Bonchev–Trinajstić information content (AvgIpc) is 3.43. The van der Waals surface area contributed by atoms with Crippen molar-refractivity contribution in [1.82, 2.24) is 14.3 Å². The van der Waals surface area contributed by atoms with Crippen LogP contribution in [0.25, 0.3) is 16.9 Å². The zero-order valence-corrected chi connectivity index (χ0v) is 21.7. The Labute approximate surface area is 222 Å². The van der Waals surface area contributed by atoms with E-state index in [1.807, 2.05) is 36.4 Å². The highest BCUT2D eigenvalue weighted by atomic mass is 16.5. The molecule has 6 rings (SSSR count). The van der Waals surface area contributed by atoms with Gasteiger partial charge in [-0.1, -0.05) is 37.5 Å². The molecule has 194 valence electrons. The van der Waals surface area contributed by atoms with Crippen molar-refractivity contribution < 1.29 is 14.3 Å². The maximum atomic E-state index is 12.5. The summed E-state index contributed by atoms with van der Waals surface area (Å²) in [7, 11) is 0. The molecule has 4 aromatic rings. The van der Waals surface area contributed by atoms with Crippen LogP contribution in [0.15, 0.2) is 66.7 Å². The molecular formula is C31H32N4O3. The van der Waals surface area contributed by atoms with Gasteiger partial charge in [0.1, 0.15) is 22.9 Å². The Kier molecular flexibility index (Phi) is 6.58. The van der Waals surface area contributed by atoms with E-state index in [1.54, 1.807) is 24.3 Å². The van der Waals surface area contributed by atoms with Crippen LogP contribution in [0.3, 0.4) is 0 Å². The van der Waals surface area contributed by atoms with Gasteiger partial charge in [-0.05, 0) is 74.7 Å². The summed E-state index contributed by atoms with van der Waals surface area (Å²) < 4.78 is 8.16. The molecule has 7 nitrogen and oxygen atoms in total. The number of pyridine rings is 1. The summed E-state index contributed by atoms with van der Waals surface area (Å²) >= 11 is 0. The molecule has 3 heterocycles. The predicted molar refractivity (Wildman–Crippen MR) is 148 cm³/mol. The summed E-state index contributed by atoms with van der Waals surface area (Å²) in [5, 5.41) is 3.82. The van der Waals surface area contributed by atoms with Crippen molar-refractivity contribution >= 4 is 23.3 Å². The van der Waals surface area contributed by atoms with Crippen molar-refractivity contribution in [2.24, 2.45) is 0 Å². The number of ether oxygens (including phenoxy) is 1. The van der Waals surface area contributed by atoms with Crippen molar-refractivity contribution in [3.63, 3.8) is 0 Å². The van der Waals surface area contributed by atoms with Gasteiger partial charge in [-0.3, -0.25) is 18.9 Å². The van der Waals surface area contributed by atoms with Gasteiger partial charge in [0.05, 0.1) is 17.7 Å². The minimum atomic E-state index is -0.227. The molecule has 1 N–H and O–H groups in total. The first-order chi connectivity index (χ1) is 18.6. The van der Waals surface area contributed by atoms with Crippen LogP contribution in [-0.4, -0.2) is 45.3 Å². The Morgan fingerprint density at radius 2 is 1.61 bits per heavy atom. The fourth-order valence-electron chi connectivity index (χ4n) is 5.59. The van der Waals surface area contributed by atoms with Crippen LogP contribution in [0.5, 0.6) is 5.75 Å². The Hall–Kier alpha value is -4.13. The van der Waals surface area contributed by atoms with Crippen molar-refractivity contribution in [3.8, 4) is 17.0 Å². The number of anilines is 1. The van der Waals surface area contributed by atoms with Crippen LogP contribution in [0, 0.1) is 6.92 Å².